The molecule has 1 heterocycles. The Kier molecular flexibility index (Phi) is 2.57. The Balaban J connectivity index is 3.24. The monoisotopic (exact) mass is 209 g/mol. The zero-order valence-corrected chi connectivity index (χ0v) is 9.13. The molecule has 1 rings (SSSR count). The molecule has 0 spiro atoms. The smallest absolute Gasteiger partial charge is 0.309 e. The molecule has 0 aromatic rings. The summed E-state index contributed by atoms with van der Waals surface area (Å²) in [4.78, 5) is 10.2. The van der Waals surface area contributed by atoms with Crippen molar-refractivity contribution in [3.63, 3.8) is 0 Å². The molecule has 3 N–H and O–H groups in total. The fourth-order valence-corrected chi connectivity index (χ4v) is 1.42. The summed E-state index contributed by atoms with van der Waals surface area (Å²) >= 11 is 0. The second kappa shape index (κ2) is 3.42. The van der Waals surface area contributed by atoms with E-state index in [4.69, 9.17) is 5.73 Å². The molecule has 0 saturated carbocycles. The summed E-state index contributed by atoms with van der Waals surface area (Å²) in [5.74, 6) is 0.0398. The third kappa shape index (κ3) is 2.18. The first kappa shape index (κ1) is 11.3. The summed E-state index contributed by atoms with van der Waals surface area (Å²) in [6.45, 7) is 9.68. The normalized spacial score (nSPS) is 17.3. The van der Waals surface area contributed by atoms with Crippen LogP contribution < -0.4 is 11.1 Å². The van der Waals surface area contributed by atoms with Crippen LogP contribution in [0.15, 0.2) is 35.4 Å². The Morgan fingerprint density at radius 1 is 1.53 bits per heavy atom. The molecule has 0 bridgehead atoms. The summed E-state index contributed by atoms with van der Waals surface area (Å²) in [5, 5.41) is 13.4. The van der Waals surface area contributed by atoms with Crippen LogP contribution in [-0.2, 0) is 0 Å². The van der Waals surface area contributed by atoms with E-state index in [2.05, 4.69) is 11.9 Å². The van der Waals surface area contributed by atoms with E-state index in [0.717, 1.165) is 5.57 Å². The van der Waals surface area contributed by atoms with Gasteiger partial charge in [-0.2, -0.15) is 0 Å². The highest BCUT2D eigenvalue weighted by atomic mass is 16.6. The summed E-state index contributed by atoms with van der Waals surface area (Å²) in [6, 6.07) is 0. The van der Waals surface area contributed by atoms with Crippen LogP contribution in [0.25, 0.3) is 0 Å². The minimum absolute atomic E-state index is 0.0398. The summed E-state index contributed by atoms with van der Waals surface area (Å²) < 4.78 is 0. The van der Waals surface area contributed by atoms with Crippen molar-refractivity contribution in [2.24, 2.45) is 11.1 Å². The van der Waals surface area contributed by atoms with Crippen LogP contribution in [0.3, 0.4) is 0 Å². The van der Waals surface area contributed by atoms with Gasteiger partial charge in [-0.1, -0.05) is 27.4 Å². The Bertz CT molecular complexity index is 386. The molecule has 1 aliphatic heterocycles. The number of nitrogens with zero attached hydrogens (tertiary/aromatic N) is 1. The molecule has 1 aliphatic rings. The maximum Gasteiger partial charge on any atom is 0.309 e. The zero-order chi connectivity index (χ0) is 11.8. The maximum absolute atomic E-state index is 10.7. The van der Waals surface area contributed by atoms with Gasteiger partial charge in [0, 0.05) is 11.8 Å². The summed E-state index contributed by atoms with van der Waals surface area (Å²) in [5.41, 5.74) is 6.60. The van der Waals surface area contributed by atoms with Crippen molar-refractivity contribution >= 4 is 0 Å². The van der Waals surface area contributed by atoms with Crippen molar-refractivity contribution in [2.75, 3.05) is 0 Å². The molecule has 15 heavy (non-hydrogen) atoms. The van der Waals surface area contributed by atoms with Gasteiger partial charge < -0.3 is 11.1 Å². The average Bonchev–Trinajstić information content (AvgIpc) is 2.00. The standard InChI is InChI=1S/C10H15N3O2/c1-6-7(10(2,3)4)5-8(13(14)15)9(11)12-6/h5,12H,1,11H2,2-4H3. The van der Waals surface area contributed by atoms with Gasteiger partial charge in [-0.05, 0) is 11.0 Å². The lowest BCUT2D eigenvalue weighted by Gasteiger charge is -2.27. The number of rotatable bonds is 1. The number of nitro groups is 1. The topological polar surface area (TPSA) is 81.2 Å². The van der Waals surface area contributed by atoms with Crippen LogP contribution in [-0.4, -0.2) is 4.92 Å². The molecule has 0 unspecified atom stereocenters. The van der Waals surface area contributed by atoms with Gasteiger partial charge in [0.15, 0.2) is 5.82 Å². The number of hydrogen-bond donors (Lipinski definition) is 2. The van der Waals surface area contributed by atoms with E-state index in [0.29, 0.717) is 5.70 Å². The lowest BCUT2D eigenvalue weighted by molar-refractivity contribution is -0.420. The Morgan fingerprint density at radius 2 is 2.07 bits per heavy atom. The highest BCUT2D eigenvalue weighted by Gasteiger charge is 2.28. The predicted molar refractivity (Wildman–Crippen MR) is 58.0 cm³/mol. The largest absolute Gasteiger partial charge is 0.380 e. The highest BCUT2D eigenvalue weighted by Crippen LogP contribution is 2.33. The molecule has 5 nitrogen and oxygen atoms in total. The van der Waals surface area contributed by atoms with Crippen molar-refractivity contribution in [1.29, 1.82) is 0 Å². The average molecular weight is 209 g/mol. The van der Waals surface area contributed by atoms with Crippen molar-refractivity contribution in [2.45, 2.75) is 20.8 Å². The third-order valence-electron chi connectivity index (χ3n) is 2.17. The zero-order valence-electron chi connectivity index (χ0n) is 9.13. The number of nitrogens with two attached hydrogens (primary N) is 1. The van der Waals surface area contributed by atoms with Crippen molar-refractivity contribution in [1.82, 2.24) is 5.32 Å². The Labute approximate surface area is 88.5 Å². The first-order chi connectivity index (χ1) is 6.73. The second-order valence-electron chi connectivity index (χ2n) is 4.47. The van der Waals surface area contributed by atoms with Gasteiger partial charge >= 0.3 is 5.70 Å². The van der Waals surface area contributed by atoms with Gasteiger partial charge in [-0.15, -0.1) is 0 Å². The summed E-state index contributed by atoms with van der Waals surface area (Å²) in [6.07, 6.45) is 1.48. The van der Waals surface area contributed by atoms with Gasteiger partial charge in [0.05, 0.1) is 4.92 Å². The molecule has 0 fully saturated rings. The molecular formula is C10H15N3O2. The molecule has 0 aromatic heterocycles. The quantitative estimate of drug-likeness (QED) is 0.506. The fourth-order valence-electron chi connectivity index (χ4n) is 1.42. The SMILES string of the molecule is C=C1NC(N)=C([N+](=O)[O-])C=C1C(C)(C)C. The Hall–Kier alpha value is -1.78. The van der Waals surface area contributed by atoms with Crippen LogP contribution >= 0.6 is 0 Å². The van der Waals surface area contributed by atoms with Crippen LogP contribution in [0.2, 0.25) is 0 Å². The minimum atomic E-state index is -0.499. The maximum atomic E-state index is 10.7. The van der Waals surface area contributed by atoms with E-state index in [9.17, 15) is 10.1 Å². The van der Waals surface area contributed by atoms with Crippen LogP contribution in [0, 0.1) is 15.5 Å². The fraction of sp³-hybridized carbons (Fsp3) is 0.400. The van der Waals surface area contributed by atoms with Crippen molar-refractivity contribution < 1.29 is 4.92 Å². The first-order valence-electron chi connectivity index (χ1n) is 4.56. The van der Waals surface area contributed by atoms with E-state index >= 15 is 0 Å². The predicted octanol–water partition coefficient (Wildman–Crippen LogP) is 1.48. The highest BCUT2D eigenvalue weighted by molar-refractivity contribution is 5.43. The number of nitrogens with one attached hydrogen (secondary N) is 1. The Morgan fingerprint density at radius 3 is 2.47 bits per heavy atom. The van der Waals surface area contributed by atoms with E-state index in [1.54, 1.807) is 0 Å². The molecule has 0 amide bonds. The van der Waals surface area contributed by atoms with Gasteiger partial charge in [-0.3, -0.25) is 10.1 Å². The van der Waals surface area contributed by atoms with Crippen LogP contribution in [0.4, 0.5) is 0 Å². The van der Waals surface area contributed by atoms with E-state index in [-0.39, 0.29) is 16.9 Å². The third-order valence-corrected chi connectivity index (χ3v) is 2.17. The molecule has 0 aromatic carbocycles. The molecule has 0 aliphatic carbocycles. The van der Waals surface area contributed by atoms with E-state index in [1.807, 2.05) is 20.8 Å². The second-order valence-corrected chi connectivity index (χ2v) is 4.47. The lowest BCUT2D eigenvalue weighted by Crippen LogP contribution is -2.31. The van der Waals surface area contributed by atoms with Crippen LogP contribution in [0.1, 0.15) is 20.8 Å². The molecule has 0 saturated heterocycles. The van der Waals surface area contributed by atoms with Gasteiger partial charge in [0.1, 0.15) is 0 Å². The molecule has 0 atom stereocenters. The minimum Gasteiger partial charge on any atom is -0.380 e. The molecule has 0 radical (unpaired) electrons. The first-order valence-corrected chi connectivity index (χ1v) is 4.56. The van der Waals surface area contributed by atoms with Gasteiger partial charge in [0.2, 0.25) is 0 Å². The molecular weight excluding hydrogens is 194 g/mol. The summed E-state index contributed by atoms with van der Waals surface area (Å²) in [7, 11) is 0. The van der Waals surface area contributed by atoms with Crippen LogP contribution in [0.5, 0.6) is 0 Å². The van der Waals surface area contributed by atoms with Crippen molar-refractivity contribution in [3.05, 3.63) is 45.6 Å². The number of allylic oxidation sites excluding steroid dienone is 2. The van der Waals surface area contributed by atoms with E-state index in [1.165, 1.54) is 6.08 Å². The lowest BCUT2D eigenvalue weighted by atomic mass is 9.83. The molecule has 82 valence electrons. The number of dihydropyridines is 1. The van der Waals surface area contributed by atoms with Gasteiger partial charge in [-0.25, -0.2) is 0 Å². The number of hydrogen-bond acceptors (Lipinski definition) is 4. The van der Waals surface area contributed by atoms with Gasteiger partial charge in [0.25, 0.3) is 0 Å². The van der Waals surface area contributed by atoms with Crippen molar-refractivity contribution in [3.8, 4) is 0 Å². The van der Waals surface area contributed by atoms with E-state index < -0.39 is 4.92 Å². The molecule has 5 heteroatoms.